The molecule has 0 amide bonds. The number of aryl methyl sites for hydroxylation is 2. The van der Waals surface area contributed by atoms with Crippen LogP contribution in [0.15, 0.2) is 35.3 Å². The maximum atomic E-state index is 13.3. The second-order valence-corrected chi connectivity index (χ2v) is 5.98. The van der Waals surface area contributed by atoms with Crippen LogP contribution in [-0.2, 0) is 0 Å². The number of aliphatic imine (C=N–C) groups is 1. The molecule has 0 radical (unpaired) electrons. The Bertz CT molecular complexity index is 739. The summed E-state index contributed by atoms with van der Waals surface area (Å²) in [6.45, 7) is 9.91. The lowest BCUT2D eigenvalue weighted by Crippen LogP contribution is -2.21. The van der Waals surface area contributed by atoms with Gasteiger partial charge in [0, 0.05) is 31.3 Å². The van der Waals surface area contributed by atoms with Gasteiger partial charge in [-0.1, -0.05) is 6.92 Å². The fourth-order valence-electron chi connectivity index (χ4n) is 2.47. The highest BCUT2D eigenvalue weighted by Gasteiger charge is 2.08. The highest BCUT2D eigenvalue weighted by atomic mass is 19.1. The van der Waals surface area contributed by atoms with Gasteiger partial charge in [0.25, 0.3) is 0 Å². The topological polar surface area (TPSA) is 24.8 Å². The summed E-state index contributed by atoms with van der Waals surface area (Å²) in [6.07, 6.45) is 2.92. The molecule has 0 spiro atoms. The Labute approximate surface area is 148 Å². The van der Waals surface area contributed by atoms with Crippen molar-refractivity contribution in [1.82, 2.24) is 4.90 Å². The molecule has 0 bridgehead atoms. The van der Waals surface area contributed by atoms with E-state index >= 15 is 0 Å². The zero-order chi connectivity index (χ0) is 18.4. The summed E-state index contributed by atoms with van der Waals surface area (Å²) in [4.78, 5) is 6.71. The van der Waals surface area contributed by atoms with Gasteiger partial charge in [-0.2, -0.15) is 0 Å². The first-order chi connectivity index (χ1) is 11.9. The van der Waals surface area contributed by atoms with Crippen LogP contribution in [0.25, 0.3) is 0 Å². The molecule has 0 aromatic heterocycles. The second-order valence-electron chi connectivity index (χ2n) is 5.98. The SMILES string of the molecule is CCCN(/C=N\c1cc(C)c(Oc2cc(F)cc(F)c2)cc1C)CC. The number of halogens is 2. The predicted octanol–water partition coefficient (Wildman–Crippen LogP) is 5.77. The Hall–Kier alpha value is -2.43. The summed E-state index contributed by atoms with van der Waals surface area (Å²) in [7, 11) is 0. The first-order valence-corrected chi connectivity index (χ1v) is 8.46. The van der Waals surface area contributed by atoms with E-state index < -0.39 is 11.6 Å². The molecule has 0 unspecified atom stereocenters. The first-order valence-electron chi connectivity index (χ1n) is 8.46. The maximum absolute atomic E-state index is 13.3. The molecular formula is C20H24F2N2O. The molecule has 134 valence electrons. The van der Waals surface area contributed by atoms with Gasteiger partial charge >= 0.3 is 0 Å². The van der Waals surface area contributed by atoms with Gasteiger partial charge in [-0.3, -0.25) is 0 Å². The van der Waals surface area contributed by atoms with Crippen molar-refractivity contribution in [1.29, 1.82) is 0 Å². The molecular weight excluding hydrogens is 322 g/mol. The quantitative estimate of drug-likeness (QED) is 0.470. The molecule has 25 heavy (non-hydrogen) atoms. The second kappa shape index (κ2) is 8.60. The van der Waals surface area contributed by atoms with E-state index in [2.05, 4.69) is 23.7 Å². The summed E-state index contributed by atoms with van der Waals surface area (Å²) in [5.41, 5.74) is 2.63. The Morgan fingerprint density at radius 1 is 1.00 bits per heavy atom. The van der Waals surface area contributed by atoms with Crippen molar-refractivity contribution >= 4 is 12.0 Å². The minimum Gasteiger partial charge on any atom is -0.457 e. The number of rotatable bonds is 7. The van der Waals surface area contributed by atoms with Crippen LogP contribution in [0.4, 0.5) is 14.5 Å². The van der Waals surface area contributed by atoms with Crippen molar-refractivity contribution in [3.63, 3.8) is 0 Å². The van der Waals surface area contributed by atoms with Gasteiger partial charge in [0.05, 0.1) is 12.0 Å². The van der Waals surface area contributed by atoms with E-state index in [1.54, 1.807) is 0 Å². The van der Waals surface area contributed by atoms with Crippen molar-refractivity contribution in [3.8, 4) is 11.5 Å². The summed E-state index contributed by atoms with van der Waals surface area (Å²) in [5.74, 6) is -0.638. The molecule has 0 aliphatic heterocycles. The third kappa shape index (κ3) is 5.28. The van der Waals surface area contributed by atoms with Crippen LogP contribution >= 0.6 is 0 Å². The molecule has 2 rings (SSSR count). The molecule has 2 aromatic carbocycles. The lowest BCUT2D eigenvalue weighted by molar-refractivity contribution is 0.452. The highest BCUT2D eigenvalue weighted by molar-refractivity contribution is 5.65. The van der Waals surface area contributed by atoms with Crippen LogP contribution in [0.1, 0.15) is 31.4 Å². The van der Waals surface area contributed by atoms with Gasteiger partial charge in [0.1, 0.15) is 23.1 Å². The molecule has 0 saturated heterocycles. The summed E-state index contributed by atoms with van der Waals surface area (Å²) < 4.78 is 32.3. The number of ether oxygens (including phenoxy) is 1. The molecule has 0 fully saturated rings. The van der Waals surface area contributed by atoms with Crippen LogP contribution in [-0.4, -0.2) is 24.3 Å². The van der Waals surface area contributed by atoms with Crippen molar-refractivity contribution in [2.45, 2.75) is 34.1 Å². The van der Waals surface area contributed by atoms with Gasteiger partial charge in [-0.25, -0.2) is 13.8 Å². The summed E-state index contributed by atoms with van der Waals surface area (Å²) in [5, 5.41) is 0. The Kier molecular flexibility index (Phi) is 6.51. The van der Waals surface area contributed by atoms with Crippen LogP contribution in [0, 0.1) is 25.5 Å². The molecule has 0 aliphatic rings. The molecule has 2 aromatic rings. The van der Waals surface area contributed by atoms with E-state index in [0.29, 0.717) is 5.75 Å². The minimum absolute atomic E-state index is 0.136. The molecule has 0 aliphatic carbocycles. The normalized spacial score (nSPS) is 11.1. The van der Waals surface area contributed by atoms with Gasteiger partial charge in [-0.15, -0.1) is 0 Å². The van der Waals surface area contributed by atoms with Crippen molar-refractivity contribution in [3.05, 3.63) is 53.1 Å². The van der Waals surface area contributed by atoms with Crippen LogP contribution in [0.2, 0.25) is 0 Å². The van der Waals surface area contributed by atoms with Crippen molar-refractivity contribution in [2.75, 3.05) is 13.1 Å². The van der Waals surface area contributed by atoms with E-state index in [1.165, 1.54) is 0 Å². The number of hydrogen-bond donors (Lipinski definition) is 0. The first kappa shape index (κ1) is 18.9. The molecule has 0 saturated carbocycles. The zero-order valence-electron chi connectivity index (χ0n) is 15.1. The van der Waals surface area contributed by atoms with Gasteiger partial charge < -0.3 is 9.64 Å². The molecule has 5 heteroatoms. The largest absolute Gasteiger partial charge is 0.457 e. The van der Waals surface area contributed by atoms with Crippen LogP contribution in [0.3, 0.4) is 0 Å². The molecule has 0 N–H and O–H groups in total. The standard InChI is InChI=1S/C20H24F2N2O/c1-5-7-24(6-2)13-23-19-8-15(4)20(9-14(19)3)25-18-11-16(21)10-17(22)12-18/h8-13H,5-7H2,1-4H3/b23-13-. The van der Waals surface area contributed by atoms with E-state index in [0.717, 1.165) is 54.5 Å². The molecule has 0 heterocycles. The highest BCUT2D eigenvalue weighted by Crippen LogP contribution is 2.32. The lowest BCUT2D eigenvalue weighted by Gasteiger charge is -2.16. The maximum Gasteiger partial charge on any atom is 0.133 e. The van der Waals surface area contributed by atoms with Crippen molar-refractivity contribution < 1.29 is 13.5 Å². The fourth-order valence-corrected chi connectivity index (χ4v) is 2.47. The van der Waals surface area contributed by atoms with E-state index in [9.17, 15) is 8.78 Å². The average molecular weight is 346 g/mol. The molecule has 0 atom stereocenters. The summed E-state index contributed by atoms with van der Waals surface area (Å²) >= 11 is 0. The number of nitrogens with zero attached hydrogens (tertiary/aromatic N) is 2. The van der Waals surface area contributed by atoms with Gasteiger partial charge in [0.2, 0.25) is 0 Å². The lowest BCUT2D eigenvalue weighted by atomic mass is 10.1. The predicted molar refractivity (Wildman–Crippen MR) is 98.0 cm³/mol. The monoisotopic (exact) mass is 346 g/mol. The average Bonchev–Trinajstić information content (AvgIpc) is 2.54. The third-order valence-corrected chi connectivity index (χ3v) is 3.83. The smallest absolute Gasteiger partial charge is 0.133 e. The zero-order valence-corrected chi connectivity index (χ0v) is 15.1. The van der Waals surface area contributed by atoms with E-state index in [-0.39, 0.29) is 5.75 Å². The van der Waals surface area contributed by atoms with Crippen LogP contribution < -0.4 is 4.74 Å². The van der Waals surface area contributed by atoms with Crippen molar-refractivity contribution in [2.24, 2.45) is 4.99 Å². The Balaban J connectivity index is 2.23. The third-order valence-electron chi connectivity index (χ3n) is 3.83. The molecule has 3 nitrogen and oxygen atoms in total. The minimum atomic E-state index is -0.666. The summed E-state index contributed by atoms with van der Waals surface area (Å²) in [6, 6.07) is 6.89. The Morgan fingerprint density at radius 3 is 2.28 bits per heavy atom. The number of benzene rings is 2. The number of hydrogen-bond acceptors (Lipinski definition) is 2. The fraction of sp³-hybridized carbons (Fsp3) is 0.350. The van der Waals surface area contributed by atoms with E-state index in [4.69, 9.17) is 4.74 Å². The van der Waals surface area contributed by atoms with Gasteiger partial charge in [-0.05, 0) is 50.5 Å². The van der Waals surface area contributed by atoms with E-state index in [1.807, 2.05) is 32.3 Å². The Morgan fingerprint density at radius 2 is 1.68 bits per heavy atom. The van der Waals surface area contributed by atoms with Crippen LogP contribution in [0.5, 0.6) is 11.5 Å². The van der Waals surface area contributed by atoms with Gasteiger partial charge in [0.15, 0.2) is 0 Å².